The zero-order valence-corrected chi connectivity index (χ0v) is 10.7. The molecular weight excluding hydrogens is 321 g/mol. The highest BCUT2D eigenvalue weighted by Gasteiger charge is 2.28. The van der Waals surface area contributed by atoms with Gasteiger partial charge in [0.15, 0.2) is 0 Å². The van der Waals surface area contributed by atoms with Crippen LogP contribution in [0.1, 0.15) is 20.7 Å². The fourth-order valence-electron chi connectivity index (χ4n) is 1.03. The van der Waals surface area contributed by atoms with E-state index in [0.717, 1.165) is 0 Å². The molecule has 0 amide bonds. The molecule has 0 aliphatic rings. The van der Waals surface area contributed by atoms with Gasteiger partial charge in [-0.1, -0.05) is 46.4 Å². The fraction of sp³-hybridized carbons (Fsp3) is 0. The van der Waals surface area contributed by atoms with E-state index in [4.69, 9.17) is 56.6 Å². The van der Waals surface area contributed by atoms with E-state index < -0.39 is 33.1 Å². The molecule has 0 saturated carbocycles. The van der Waals surface area contributed by atoms with E-state index in [2.05, 4.69) is 0 Å². The molecule has 0 aromatic heterocycles. The van der Waals surface area contributed by atoms with Crippen molar-refractivity contribution in [2.24, 2.45) is 0 Å². The van der Waals surface area contributed by atoms with Crippen molar-refractivity contribution in [2.75, 3.05) is 0 Å². The number of carbonyl (C=O) groups is 2. The van der Waals surface area contributed by atoms with E-state index in [1.54, 1.807) is 0 Å². The van der Waals surface area contributed by atoms with Gasteiger partial charge in [-0.25, -0.2) is 9.59 Å². The number of hydrogen-bond acceptors (Lipinski definition) is 2. The zero-order chi connectivity index (χ0) is 12.6. The Morgan fingerprint density at radius 3 is 1.12 bits per heavy atom. The lowest BCUT2D eigenvalue weighted by Crippen LogP contribution is -2.10. The average molecular weight is 324 g/mol. The standard InChI is InChI=1S/C8H2Cl4O4.FH/c9-3-1(7(13)14)2(8(15)16)4(10)6(12)5(3)11;/h(H,13,14)(H,15,16);1H. The number of carboxylic acids is 2. The van der Waals surface area contributed by atoms with Gasteiger partial charge in [0.05, 0.1) is 31.2 Å². The molecule has 94 valence electrons. The fourth-order valence-corrected chi connectivity index (χ4v) is 2.05. The predicted octanol–water partition coefficient (Wildman–Crippen LogP) is 3.85. The molecular formula is C8H3Cl4FO4. The summed E-state index contributed by atoms with van der Waals surface area (Å²) in [6, 6.07) is 0. The van der Waals surface area contributed by atoms with Crippen molar-refractivity contribution in [1.29, 1.82) is 0 Å². The summed E-state index contributed by atoms with van der Waals surface area (Å²) in [5.41, 5.74) is -1.37. The molecule has 1 aromatic carbocycles. The normalized spacial score (nSPS) is 9.65. The number of carboxylic acid groups (broad SMARTS) is 2. The summed E-state index contributed by atoms with van der Waals surface area (Å²) in [5, 5.41) is 16.1. The van der Waals surface area contributed by atoms with Crippen LogP contribution in [0, 0.1) is 0 Å². The largest absolute Gasteiger partial charge is 0.478 e. The van der Waals surface area contributed by atoms with Gasteiger partial charge >= 0.3 is 11.9 Å². The molecule has 0 spiro atoms. The maximum absolute atomic E-state index is 10.9. The van der Waals surface area contributed by atoms with Gasteiger partial charge in [-0.05, 0) is 0 Å². The first kappa shape index (κ1) is 16.2. The quantitative estimate of drug-likeness (QED) is 0.640. The summed E-state index contributed by atoms with van der Waals surface area (Å²) in [6.45, 7) is 0. The molecule has 4 nitrogen and oxygen atoms in total. The molecule has 0 heterocycles. The lowest BCUT2D eigenvalue weighted by atomic mass is 10.1. The Labute approximate surface area is 114 Å². The maximum Gasteiger partial charge on any atom is 0.338 e. The first-order valence-electron chi connectivity index (χ1n) is 3.61. The number of rotatable bonds is 2. The first-order chi connectivity index (χ1) is 7.29. The van der Waals surface area contributed by atoms with E-state index in [9.17, 15) is 9.59 Å². The van der Waals surface area contributed by atoms with Crippen molar-refractivity contribution in [1.82, 2.24) is 0 Å². The van der Waals surface area contributed by atoms with Crippen LogP contribution in [0.5, 0.6) is 0 Å². The van der Waals surface area contributed by atoms with Crippen molar-refractivity contribution in [3.8, 4) is 0 Å². The predicted molar refractivity (Wildman–Crippen MR) is 62.9 cm³/mol. The second-order valence-electron chi connectivity index (χ2n) is 2.62. The smallest absolute Gasteiger partial charge is 0.338 e. The van der Waals surface area contributed by atoms with E-state index in [0.29, 0.717) is 0 Å². The van der Waals surface area contributed by atoms with E-state index in [-0.39, 0.29) is 14.7 Å². The minimum Gasteiger partial charge on any atom is -0.478 e. The molecule has 0 aliphatic carbocycles. The van der Waals surface area contributed by atoms with Crippen molar-refractivity contribution >= 4 is 58.3 Å². The lowest BCUT2D eigenvalue weighted by Gasteiger charge is -2.10. The summed E-state index contributed by atoms with van der Waals surface area (Å²) in [7, 11) is 0. The minimum absolute atomic E-state index is 0. The van der Waals surface area contributed by atoms with Crippen LogP contribution in [0.3, 0.4) is 0 Å². The molecule has 1 rings (SSSR count). The van der Waals surface area contributed by atoms with Gasteiger partial charge in [0, 0.05) is 0 Å². The molecule has 0 radical (unpaired) electrons. The molecule has 2 N–H and O–H groups in total. The highest BCUT2D eigenvalue weighted by Crippen LogP contribution is 2.41. The van der Waals surface area contributed by atoms with Crippen molar-refractivity contribution in [3.05, 3.63) is 31.2 Å². The Kier molecular flexibility index (Phi) is 5.48. The van der Waals surface area contributed by atoms with Gasteiger partial charge in [0.1, 0.15) is 0 Å². The SMILES string of the molecule is F.O=C(O)c1c(Cl)c(Cl)c(Cl)c(Cl)c1C(=O)O. The molecule has 0 saturated heterocycles. The minimum atomic E-state index is -1.55. The van der Waals surface area contributed by atoms with Crippen molar-refractivity contribution in [3.63, 3.8) is 0 Å². The number of benzene rings is 1. The van der Waals surface area contributed by atoms with E-state index in [1.807, 2.05) is 0 Å². The van der Waals surface area contributed by atoms with Gasteiger partial charge in [-0.2, -0.15) is 0 Å². The summed E-state index contributed by atoms with van der Waals surface area (Å²) >= 11 is 22.4. The zero-order valence-electron chi connectivity index (χ0n) is 7.63. The molecule has 9 heteroatoms. The van der Waals surface area contributed by atoms with Crippen LogP contribution in [0.15, 0.2) is 0 Å². The van der Waals surface area contributed by atoms with Gasteiger partial charge < -0.3 is 10.2 Å². The van der Waals surface area contributed by atoms with Crippen LogP contribution in [0.25, 0.3) is 0 Å². The summed E-state index contributed by atoms with van der Waals surface area (Å²) in [6.07, 6.45) is 0. The monoisotopic (exact) mass is 322 g/mol. The van der Waals surface area contributed by atoms with Crippen LogP contribution in [-0.4, -0.2) is 22.2 Å². The Morgan fingerprint density at radius 1 is 0.706 bits per heavy atom. The molecule has 0 bridgehead atoms. The maximum atomic E-state index is 10.9. The molecule has 0 fully saturated rings. The molecule has 0 atom stereocenters. The number of halogens is 5. The summed E-state index contributed by atoms with van der Waals surface area (Å²) in [5.74, 6) is -3.11. The Morgan fingerprint density at radius 2 is 0.941 bits per heavy atom. The molecule has 0 aliphatic heterocycles. The lowest BCUT2D eigenvalue weighted by molar-refractivity contribution is 0.0652. The van der Waals surface area contributed by atoms with Gasteiger partial charge in [0.25, 0.3) is 0 Å². The topological polar surface area (TPSA) is 74.6 Å². The highest BCUT2D eigenvalue weighted by atomic mass is 35.5. The van der Waals surface area contributed by atoms with E-state index in [1.165, 1.54) is 0 Å². The Bertz CT molecular complexity index is 458. The third-order valence-electron chi connectivity index (χ3n) is 1.69. The first-order valence-corrected chi connectivity index (χ1v) is 5.12. The number of aromatic carboxylic acids is 2. The molecule has 17 heavy (non-hydrogen) atoms. The van der Waals surface area contributed by atoms with Crippen LogP contribution in [0.2, 0.25) is 20.1 Å². The molecule has 0 unspecified atom stereocenters. The summed E-state index contributed by atoms with van der Waals surface area (Å²) < 4.78 is 0. The van der Waals surface area contributed by atoms with Gasteiger partial charge in [0.2, 0.25) is 0 Å². The van der Waals surface area contributed by atoms with Crippen LogP contribution < -0.4 is 0 Å². The summed E-state index contributed by atoms with van der Waals surface area (Å²) in [4.78, 5) is 21.7. The van der Waals surface area contributed by atoms with Gasteiger partial charge in [-0.3, -0.25) is 4.70 Å². The second kappa shape index (κ2) is 5.73. The average Bonchev–Trinajstić information content (AvgIpc) is 2.18. The van der Waals surface area contributed by atoms with Crippen LogP contribution >= 0.6 is 46.4 Å². The van der Waals surface area contributed by atoms with Crippen molar-refractivity contribution < 1.29 is 24.5 Å². The molecule has 1 aromatic rings. The van der Waals surface area contributed by atoms with Gasteiger partial charge in [-0.15, -0.1) is 0 Å². The van der Waals surface area contributed by atoms with E-state index >= 15 is 0 Å². The van der Waals surface area contributed by atoms with Crippen LogP contribution in [0.4, 0.5) is 4.70 Å². The second-order valence-corrected chi connectivity index (χ2v) is 4.13. The van der Waals surface area contributed by atoms with Crippen LogP contribution in [-0.2, 0) is 0 Å². The Balaban J connectivity index is 0.00000256. The third-order valence-corrected chi connectivity index (χ3v) is 3.50. The number of hydrogen-bond donors (Lipinski definition) is 2. The Hall–Kier alpha value is -0.750. The third kappa shape index (κ3) is 2.74. The van der Waals surface area contributed by atoms with Crippen molar-refractivity contribution in [2.45, 2.75) is 0 Å². The highest BCUT2D eigenvalue weighted by molar-refractivity contribution is 6.53.